The average Bonchev–Trinajstić information content (AvgIpc) is 2.30. The van der Waals surface area contributed by atoms with Crippen LogP contribution in [0.15, 0.2) is 12.3 Å². The number of carbonyl (C=O) groups is 1. The molecule has 1 aromatic heterocycles. The number of ether oxygens (including phenoxy) is 1. The maximum atomic E-state index is 11.1. The van der Waals surface area contributed by atoms with Gasteiger partial charge in [0.1, 0.15) is 0 Å². The van der Waals surface area contributed by atoms with Crippen LogP contribution in [-0.4, -0.2) is 42.4 Å². The Hall–Kier alpha value is -1.62. The van der Waals surface area contributed by atoms with Gasteiger partial charge in [0.05, 0.1) is 30.7 Å². The highest BCUT2D eigenvalue weighted by Gasteiger charge is 2.18. The number of anilines is 1. The van der Waals surface area contributed by atoms with Gasteiger partial charge in [-0.1, -0.05) is 0 Å². The first kappa shape index (κ1) is 10.9. The summed E-state index contributed by atoms with van der Waals surface area (Å²) < 4.78 is 5.24. The van der Waals surface area contributed by atoms with E-state index in [4.69, 9.17) is 9.84 Å². The minimum absolute atomic E-state index is 0.314. The van der Waals surface area contributed by atoms with Crippen molar-refractivity contribution in [3.63, 3.8) is 0 Å². The number of hydrogen-bond donors (Lipinski definition) is 1. The first-order valence-electron chi connectivity index (χ1n) is 5.21. The smallest absolute Gasteiger partial charge is 0.337 e. The number of hydrogen-bond acceptors (Lipinski definition) is 4. The van der Waals surface area contributed by atoms with Crippen LogP contribution in [0.25, 0.3) is 0 Å². The number of morpholine rings is 1. The summed E-state index contributed by atoms with van der Waals surface area (Å²) in [5.41, 5.74) is 1.71. The zero-order chi connectivity index (χ0) is 11.5. The number of carboxylic acid groups (broad SMARTS) is 1. The average molecular weight is 222 g/mol. The molecule has 0 atom stereocenters. The van der Waals surface area contributed by atoms with Crippen LogP contribution in [0, 0.1) is 6.92 Å². The number of aromatic nitrogens is 1. The molecule has 0 spiro atoms. The van der Waals surface area contributed by atoms with Crippen LogP contribution in [0.2, 0.25) is 0 Å². The summed E-state index contributed by atoms with van der Waals surface area (Å²) in [7, 11) is 0. The van der Waals surface area contributed by atoms with E-state index in [0.29, 0.717) is 37.6 Å². The number of nitrogens with zero attached hydrogens (tertiary/aromatic N) is 2. The molecular formula is C11H14N2O3. The van der Waals surface area contributed by atoms with Gasteiger partial charge in [0.15, 0.2) is 0 Å². The Morgan fingerprint density at radius 1 is 1.50 bits per heavy atom. The first-order valence-corrected chi connectivity index (χ1v) is 5.21. The van der Waals surface area contributed by atoms with Gasteiger partial charge < -0.3 is 14.7 Å². The molecule has 0 aliphatic carbocycles. The van der Waals surface area contributed by atoms with Crippen LogP contribution in [0.5, 0.6) is 0 Å². The van der Waals surface area contributed by atoms with Crippen molar-refractivity contribution >= 4 is 11.7 Å². The Morgan fingerprint density at radius 2 is 2.19 bits per heavy atom. The quantitative estimate of drug-likeness (QED) is 0.806. The molecule has 5 nitrogen and oxygen atoms in total. The van der Waals surface area contributed by atoms with E-state index in [1.807, 2.05) is 4.90 Å². The van der Waals surface area contributed by atoms with Gasteiger partial charge in [-0.15, -0.1) is 0 Å². The summed E-state index contributed by atoms with van der Waals surface area (Å²) in [5.74, 6) is -0.910. The zero-order valence-electron chi connectivity index (χ0n) is 9.14. The molecule has 0 saturated carbocycles. The minimum atomic E-state index is -0.910. The van der Waals surface area contributed by atoms with E-state index in [9.17, 15) is 4.79 Å². The van der Waals surface area contributed by atoms with Gasteiger partial charge in [-0.2, -0.15) is 0 Å². The van der Waals surface area contributed by atoms with E-state index in [1.165, 1.54) is 0 Å². The Morgan fingerprint density at radius 3 is 2.81 bits per heavy atom. The monoisotopic (exact) mass is 222 g/mol. The molecular weight excluding hydrogens is 208 g/mol. The molecule has 0 bridgehead atoms. The minimum Gasteiger partial charge on any atom is -0.478 e. The van der Waals surface area contributed by atoms with E-state index in [2.05, 4.69) is 4.98 Å². The Balaban J connectivity index is 2.34. The number of carboxylic acids is 1. The van der Waals surface area contributed by atoms with Crippen molar-refractivity contribution in [2.75, 3.05) is 31.2 Å². The SMILES string of the molecule is Cc1cc(C(=O)O)c(N2CCOCC2)cn1. The molecule has 1 saturated heterocycles. The molecule has 0 radical (unpaired) electrons. The summed E-state index contributed by atoms with van der Waals surface area (Å²) in [4.78, 5) is 17.3. The first-order chi connectivity index (χ1) is 7.68. The molecule has 1 aliphatic rings. The molecule has 1 fully saturated rings. The summed E-state index contributed by atoms with van der Waals surface area (Å²) >= 11 is 0. The lowest BCUT2D eigenvalue weighted by Crippen LogP contribution is -2.37. The van der Waals surface area contributed by atoms with Crippen LogP contribution in [0.3, 0.4) is 0 Å². The molecule has 1 N–H and O–H groups in total. The number of aryl methyl sites for hydroxylation is 1. The van der Waals surface area contributed by atoms with Gasteiger partial charge in [0.2, 0.25) is 0 Å². The van der Waals surface area contributed by atoms with Crippen molar-refractivity contribution in [2.45, 2.75) is 6.92 Å². The topological polar surface area (TPSA) is 62.7 Å². The third kappa shape index (κ3) is 2.14. The predicted molar refractivity (Wildman–Crippen MR) is 59.0 cm³/mol. The van der Waals surface area contributed by atoms with Gasteiger partial charge in [-0.05, 0) is 13.0 Å². The van der Waals surface area contributed by atoms with Crippen LogP contribution >= 0.6 is 0 Å². The number of aromatic carboxylic acids is 1. The van der Waals surface area contributed by atoms with E-state index in [0.717, 1.165) is 5.69 Å². The lowest BCUT2D eigenvalue weighted by Gasteiger charge is -2.29. The van der Waals surface area contributed by atoms with Crippen molar-refractivity contribution in [3.05, 3.63) is 23.5 Å². The molecule has 0 amide bonds. The molecule has 5 heteroatoms. The summed E-state index contributed by atoms with van der Waals surface area (Å²) in [6.45, 7) is 4.48. The van der Waals surface area contributed by atoms with Crippen molar-refractivity contribution < 1.29 is 14.6 Å². The van der Waals surface area contributed by atoms with Crippen molar-refractivity contribution in [1.82, 2.24) is 4.98 Å². The fourth-order valence-electron chi connectivity index (χ4n) is 1.78. The largest absolute Gasteiger partial charge is 0.478 e. The molecule has 2 rings (SSSR count). The molecule has 1 aliphatic heterocycles. The fraction of sp³-hybridized carbons (Fsp3) is 0.455. The third-order valence-corrected chi connectivity index (χ3v) is 2.60. The highest BCUT2D eigenvalue weighted by atomic mass is 16.5. The van der Waals surface area contributed by atoms with Gasteiger partial charge in [-0.25, -0.2) is 4.79 Å². The second-order valence-corrected chi connectivity index (χ2v) is 3.75. The number of rotatable bonds is 2. The molecule has 1 aromatic rings. The van der Waals surface area contributed by atoms with Gasteiger partial charge in [0.25, 0.3) is 0 Å². The Bertz CT molecular complexity index is 400. The highest BCUT2D eigenvalue weighted by Crippen LogP contribution is 2.21. The lowest BCUT2D eigenvalue weighted by atomic mass is 10.1. The molecule has 0 unspecified atom stereocenters. The number of pyridine rings is 1. The van der Waals surface area contributed by atoms with E-state index in [-0.39, 0.29) is 0 Å². The third-order valence-electron chi connectivity index (χ3n) is 2.60. The highest BCUT2D eigenvalue weighted by molar-refractivity contribution is 5.94. The van der Waals surface area contributed by atoms with Crippen LogP contribution in [-0.2, 0) is 4.74 Å². The Kier molecular flexibility index (Phi) is 3.05. The normalized spacial score (nSPS) is 16.2. The standard InChI is InChI=1S/C11H14N2O3/c1-8-6-9(11(14)15)10(7-12-8)13-2-4-16-5-3-13/h6-7H,2-5H2,1H3,(H,14,15). The molecule has 2 heterocycles. The van der Waals surface area contributed by atoms with E-state index < -0.39 is 5.97 Å². The van der Waals surface area contributed by atoms with E-state index >= 15 is 0 Å². The maximum Gasteiger partial charge on any atom is 0.337 e. The molecule has 86 valence electrons. The van der Waals surface area contributed by atoms with E-state index in [1.54, 1.807) is 19.2 Å². The van der Waals surface area contributed by atoms with Crippen LogP contribution in [0.4, 0.5) is 5.69 Å². The second-order valence-electron chi connectivity index (χ2n) is 3.75. The van der Waals surface area contributed by atoms with Crippen molar-refractivity contribution in [3.8, 4) is 0 Å². The second kappa shape index (κ2) is 4.49. The molecule has 0 aromatic carbocycles. The summed E-state index contributed by atoms with van der Waals surface area (Å²) in [6, 6.07) is 1.60. The fourth-order valence-corrected chi connectivity index (χ4v) is 1.78. The van der Waals surface area contributed by atoms with Gasteiger partial charge in [-0.3, -0.25) is 4.98 Å². The predicted octanol–water partition coefficient (Wildman–Crippen LogP) is 0.925. The van der Waals surface area contributed by atoms with Crippen molar-refractivity contribution in [1.29, 1.82) is 0 Å². The zero-order valence-corrected chi connectivity index (χ0v) is 9.14. The van der Waals surface area contributed by atoms with Gasteiger partial charge in [0, 0.05) is 18.8 Å². The maximum absolute atomic E-state index is 11.1. The Labute approximate surface area is 93.7 Å². The van der Waals surface area contributed by atoms with Gasteiger partial charge >= 0.3 is 5.97 Å². The van der Waals surface area contributed by atoms with Crippen LogP contribution in [0.1, 0.15) is 16.1 Å². The summed E-state index contributed by atoms with van der Waals surface area (Å²) in [5, 5.41) is 9.14. The lowest BCUT2D eigenvalue weighted by molar-refractivity contribution is 0.0696. The van der Waals surface area contributed by atoms with Crippen LogP contribution < -0.4 is 4.90 Å². The summed E-state index contributed by atoms with van der Waals surface area (Å²) in [6.07, 6.45) is 1.63. The molecule has 16 heavy (non-hydrogen) atoms. The van der Waals surface area contributed by atoms with Crippen molar-refractivity contribution in [2.24, 2.45) is 0 Å².